The van der Waals surface area contributed by atoms with Gasteiger partial charge in [0.1, 0.15) is 5.82 Å². The molecule has 24 heavy (non-hydrogen) atoms. The predicted octanol–water partition coefficient (Wildman–Crippen LogP) is 1.05. The highest BCUT2D eigenvalue weighted by molar-refractivity contribution is 6.62. The number of piperazine rings is 1. The number of nitrogens with zero attached hydrogens (tertiary/aromatic N) is 3. The smallest absolute Gasteiger partial charge is 0.399 e. The summed E-state index contributed by atoms with van der Waals surface area (Å²) in [6, 6.07) is 3.98. The van der Waals surface area contributed by atoms with Crippen LogP contribution in [0, 0.1) is 0 Å². The number of rotatable bonds is 2. The lowest BCUT2D eigenvalue weighted by atomic mass is 9.79. The molecule has 1 amide bonds. The van der Waals surface area contributed by atoms with Gasteiger partial charge in [-0.2, -0.15) is 0 Å². The summed E-state index contributed by atoms with van der Waals surface area (Å²) >= 11 is 0. The van der Waals surface area contributed by atoms with Crippen molar-refractivity contribution in [3.8, 4) is 0 Å². The monoisotopic (exact) mass is 331 g/mol. The van der Waals surface area contributed by atoms with E-state index in [0.717, 1.165) is 37.5 Å². The molecule has 2 saturated heterocycles. The Morgan fingerprint density at radius 2 is 1.71 bits per heavy atom. The molecule has 0 bridgehead atoms. The van der Waals surface area contributed by atoms with Crippen molar-refractivity contribution in [3.63, 3.8) is 0 Å². The van der Waals surface area contributed by atoms with Crippen LogP contribution in [0.2, 0.25) is 0 Å². The summed E-state index contributed by atoms with van der Waals surface area (Å²) < 4.78 is 12.2. The lowest BCUT2D eigenvalue weighted by molar-refractivity contribution is -0.129. The van der Waals surface area contributed by atoms with E-state index in [-0.39, 0.29) is 24.2 Å². The van der Waals surface area contributed by atoms with Crippen molar-refractivity contribution in [2.45, 2.75) is 45.8 Å². The summed E-state index contributed by atoms with van der Waals surface area (Å²) in [6.45, 7) is 12.9. The zero-order chi connectivity index (χ0) is 17.5. The van der Waals surface area contributed by atoms with E-state index in [1.165, 1.54) is 0 Å². The predicted molar refractivity (Wildman–Crippen MR) is 94.4 cm³/mol. The largest absolute Gasteiger partial charge is 0.495 e. The molecule has 0 unspecified atom stereocenters. The highest BCUT2D eigenvalue weighted by Gasteiger charge is 2.51. The van der Waals surface area contributed by atoms with Gasteiger partial charge in [-0.15, -0.1) is 0 Å². The van der Waals surface area contributed by atoms with Crippen LogP contribution in [0.25, 0.3) is 0 Å². The van der Waals surface area contributed by atoms with E-state index < -0.39 is 0 Å². The van der Waals surface area contributed by atoms with Crippen LogP contribution in [-0.2, 0) is 14.1 Å². The van der Waals surface area contributed by atoms with Crippen molar-refractivity contribution in [1.82, 2.24) is 9.88 Å². The standard InChI is InChI=1S/C17H26BN3O3/c1-13(22)20-8-10-21(11-9-20)15-12-14(6-7-19-15)18-23-16(2,3)17(4,5)24-18/h6-7,12H,8-11H2,1-5H3. The average molecular weight is 331 g/mol. The van der Waals surface area contributed by atoms with Gasteiger partial charge in [0.25, 0.3) is 0 Å². The summed E-state index contributed by atoms with van der Waals surface area (Å²) in [7, 11) is -0.379. The second-order valence-electron chi connectivity index (χ2n) is 7.53. The third-order valence-electron chi connectivity index (χ3n) is 5.34. The Kier molecular flexibility index (Phi) is 4.34. The molecule has 3 rings (SSSR count). The molecule has 0 atom stereocenters. The molecular weight excluding hydrogens is 305 g/mol. The molecule has 3 heterocycles. The van der Waals surface area contributed by atoms with Crippen molar-refractivity contribution in [2.75, 3.05) is 31.1 Å². The van der Waals surface area contributed by atoms with Gasteiger partial charge in [-0.25, -0.2) is 4.98 Å². The maximum absolute atomic E-state index is 11.5. The average Bonchev–Trinajstić information content (AvgIpc) is 2.76. The van der Waals surface area contributed by atoms with Gasteiger partial charge in [-0.05, 0) is 45.3 Å². The van der Waals surface area contributed by atoms with Crippen LogP contribution in [0.4, 0.5) is 5.82 Å². The topological polar surface area (TPSA) is 54.9 Å². The highest BCUT2D eigenvalue weighted by atomic mass is 16.7. The summed E-state index contributed by atoms with van der Waals surface area (Å²) in [4.78, 5) is 20.0. The molecule has 2 aliphatic heterocycles. The molecule has 0 saturated carbocycles. The number of carbonyl (C=O) groups excluding carboxylic acids is 1. The van der Waals surface area contributed by atoms with Crippen LogP contribution >= 0.6 is 0 Å². The first kappa shape index (κ1) is 17.2. The van der Waals surface area contributed by atoms with Crippen molar-refractivity contribution in [1.29, 1.82) is 0 Å². The number of carbonyl (C=O) groups is 1. The molecule has 0 aliphatic carbocycles. The van der Waals surface area contributed by atoms with E-state index in [0.29, 0.717) is 0 Å². The number of aromatic nitrogens is 1. The fourth-order valence-corrected chi connectivity index (χ4v) is 2.98. The Bertz CT molecular complexity index is 611. The third-order valence-corrected chi connectivity index (χ3v) is 5.34. The van der Waals surface area contributed by atoms with Gasteiger partial charge < -0.3 is 19.1 Å². The molecular formula is C17H26BN3O3. The first-order chi connectivity index (χ1) is 11.2. The van der Waals surface area contributed by atoms with Gasteiger partial charge >= 0.3 is 7.12 Å². The van der Waals surface area contributed by atoms with Crippen LogP contribution in [0.5, 0.6) is 0 Å². The van der Waals surface area contributed by atoms with Crippen LogP contribution < -0.4 is 10.4 Å². The lowest BCUT2D eigenvalue weighted by Crippen LogP contribution is -2.48. The lowest BCUT2D eigenvalue weighted by Gasteiger charge is -2.35. The normalized spacial score (nSPS) is 22.8. The fourth-order valence-electron chi connectivity index (χ4n) is 2.98. The summed E-state index contributed by atoms with van der Waals surface area (Å²) in [5.74, 6) is 1.04. The molecule has 2 fully saturated rings. The van der Waals surface area contributed by atoms with E-state index in [1.54, 1.807) is 13.1 Å². The Labute approximate surface area is 144 Å². The number of pyridine rings is 1. The fraction of sp³-hybridized carbons (Fsp3) is 0.647. The minimum atomic E-state index is -0.379. The van der Waals surface area contributed by atoms with Gasteiger partial charge in [0.2, 0.25) is 5.91 Å². The quantitative estimate of drug-likeness (QED) is 0.759. The molecule has 7 heteroatoms. The maximum atomic E-state index is 11.5. The van der Waals surface area contributed by atoms with E-state index in [9.17, 15) is 4.79 Å². The van der Waals surface area contributed by atoms with Gasteiger partial charge in [0, 0.05) is 39.3 Å². The Hall–Kier alpha value is -1.60. The first-order valence-corrected chi connectivity index (χ1v) is 8.52. The van der Waals surface area contributed by atoms with Gasteiger partial charge in [0.15, 0.2) is 0 Å². The minimum absolute atomic E-state index is 0.133. The maximum Gasteiger partial charge on any atom is 0.495 e. The summed E-state index contributed by atoms with van der Waals surface area (Å²) in [5.41, 5.74) is 0.273. The van der Waals surface area contributed by atoms with Crippen LogP contribution in [-0.4, -0.2) is 60.3 Å². The Balaban J connectivity index is 1.73. The second kappa shape index (κ2) is 6.04. The van der Waals surface area contributed by atoms with Crippen LogP contribution in [0.1, 0.15) is 34.6 Å². The Morgan fingerprint density at radius 3 is 2.25 bits per heavy atom. The van der Waals surface area contributed by atoms with Crippen LogP contribution in [0.3, 0.4) is 0 Å². The SMILES string of the molecule is CC(=O)N1CCN(c2cc(B3OC(C)(C)C(C)(C)O3)ccn2)CC1. The van der Waals surface area contributed by atoms with Gasteiger partial charge in [0.05, 0.1) is 11.2 Å². The van der Waals surface area contributed by atoms with E-state index in [4.69, 9.17) is 9.31 Å². The zero-order valence-corrected chi connectivity index (χ0v) is 15.2. The molecule has 0 radical (unpaired) electrons. The second-order valence-corrected chi connectivity index (χ2v) is 7.53. The van der Waals surface area contributed by atoms with Crippen molar-refractivity contribution < 1.29 is 14.1 Å². The summed E-state index contributed by atoms with van der Waals surface area (Å²) in [5, 5.41) is 0. The Morgan fingerprint density at radius 1 is 1.12 bits per heavy atom. The van der Waals surface area contributed by atoms with Crippen molar-refractivity contribution >= 4 is 24.3 Å². The molecule has 1 aromatic heterocycles. The number of hydrogen-bond donors (Lipinski definition) is 0. The van der Waals surface area contributed by atoms with Gasteiger partial charge in [-0.1, -0.05) is 0 Å². The molecule has 1 aromatic rings. The van der Waals surface area contributed by atoms with Crippen molar-refractivity contribution in [2.24, 2.45) is 0 Å². The molecule has 130 valence electrons. The molecule has 0 spiro atoms. The van der Waals surface area contributed by atoms with E-state index >= 15 is 0 Å². The van der Waals surface area contributed by atoms with E-state index in [1.807, 2.05) is 17.0 Å². The molecule has 0 N–H and O–H groups in total. The third kappa shape index (κ3) is 3.15. The summed E-state index contributed by atoms with van der Waals surface area (Å²) in [6.07, 6.45) is 1.80. The first-order valence-electron chi connectivity index (χ1n) is 8.52. The van der Waals surface area contributed by atoms with Gasteiger partial charge in [-0.3, -0.25) is 4.79 Å². The van der Waals surface area contributed by atoms with Crippen molar-refractivity contribution in [3.05, 3.63) is 18.3 Å². The number of hydrogen-bond acceptors (Lipinski definition) is 5. The number of amides is 1. The molecule has 2 aliphatic rings. The highest BCUT2D eigenvalue weighted by Crippen LogP contribution is 2.36. The minimum Gasteiger partial charge on any atom is -0.399 e. The van der Waals surface area contributed by atoms with Crippen LogP contribution in [0.15, 0.2) is 18.3 Å². The molecule has 6 nitrogen and oxygen atoms in total. The van der Waals surface area contributed by atoms with E-state index in [2.05, 4.69) is 37.6 Å². The zero-order valence-electron chi connectivity index (χ0n) is 15.2. The number of anilines is 1. The molecule has 0 aromatic carbocycles.